The van der Waals surface area contributed by atoms with Crippen LogP contribution in [0.1, 0.15) is 28.8 Å². The predicted octanol–water partition coefficient (Wildman–Crippen LogP) is 5.12. The van der Waals surface area contributed by atoms with E-state index in [1.54, 1.807) is 18.3 Å². The molecular weight excluding hydrogens is 382 g/mol. The van der Waals surface area contributed by atoms with E-state index in [2.05, 4.69) is 18.2 Å². The quantitative estimate of drug-likeness (QED) is 0.621. The number of halogens is 1. The van der Waals surface area contributed by atoms with Crippen LogP contribution in [0.2, 0.25) is 5.02 Å². The van der Waals surface area contributed by atoms with Gasteiger partial charge in [0.25, 0.3) is 0 Å². The fraction of sp³-hybridized carbons (Fsp3) is 0.190. The molecule has 2 heterocycles. The molecule has 0 saturated carbocycles. The van der Waals surface area contributed by atoms with Crippen molar-refractivity contribution in [3.8, 4) is 5.75 Å². The van der Waals surface area contributed by atoms with Gasteiger partial charge in [0.05, 0.1) is 17.4 Å². The lowest BCUT2D eigenvalue weighted by atomic mass is 9.87. The Labute approximate surface area is 166 Å². The molecule has 2 N–H and O–H groups in total. The van der Waals surface area contributed by atoms with Gasteiger partial charge in [0.2, 0.25) is 5.88 Å². The number of nitrogens with two attached hydrogens (primary N) is 1. The number of hydrogen-bond acceptors (Lipinski definition) is 5. The van der Waals surface area contributed by atoms with Gasteiger partial charge in [0.1, 0.15) is 5.57 Å². The van der Waals surface area contributed by atoms with E-state index in [0.717, 1.165) is 26.1 Å². The molecule has 0 amide bonds. The number of thiophene rings is 1. The highest BCUT2D eigenvalue weighted by Crippen LogP contribution is 2.50. The van der Waals surface area contributed by atoms with Crippen molar-refractivity contribution < 1.29 is 14.3 Å². The van der Waals surface area contributed by atoms with Gasteiger partial charge in [-0.25, -0.2) is 4.79 Å². The maximum atomic E-state index is 12.7. The molecule has 0 saturated heterocycles. The number of ether oxygens (including phenoxy) is 2. The maximum Gasteiger partial charge on any atom is 0.340 e. The van der Waals surface area contributed by atoms with Gasteiger partial charge in [-0.05, 0) is 43.7 Å². The van der Waals surface area contributed by atoms with Gasteiger partial charge in [0, 0.05) is 15.1 Å². The molecule has 0 aliphatic carbocycles. The summed E-state index contributed by atoms with van der Waals surface area (Å²) in [5.41, 5.74) is 8.58. The van der Waals surface area contributed by atoms with Crippen molar-refractivity contribution in [3.63, 3.8) is 0 Å². The minimum atomic E-state index is -0.464. The molecule has 1 atom stereocenters. The van der Waals surface area contributed by atoms with Gasteiger partial charge in [-0.1, -0.05) is 35.4 Å². The van der Waals surface area contributed by atoms with Gasteiger partial charge in [-0.3, -0.25) is 0 Å². The molecule has 138 valence electrons. The third-order valence-corrected chi connectivity index (χ3v) is 6.02. The molecular formula is C21H18ClNO3S. The number of aryl methyl sites for hydroxylation is 1. The lowest BCUT2D eigenvalue weighted by Gasteiger charge is -2.26. The average molecular weight is 400 g/mol. The zero-order valence-corrected chi connectivity index (χ0v) is 16.5. The molecule has 0 bridgehead atoms. The first-order valence-corrected chi connectivity index (χ1v) is 9.82. The molecule has 27 heavy (non-hydrogen) atoms. The monoisotopic (exact) mass is 399 g/mol. The molecule has 1 aromatic heterocycles. The molecule has 0 spiro atoms. The second kappa shape index (κ2) is 6.91. The fourth-order valence-corrected chi connectivity index (χ4v) is 4.72. The van der Waals surface area contributed by atoms with Crippen molar-refractivity contribution >= 4 is 39.0 Å². The Kier molecular flexibility index (Phi) is 4.58. The standard InChI is InChI=1S/C21H18ClNO3S/c1-3-25-21(24)17-16(12-5-7-13(22)8-6-12)19-18(26-20(17)23)14-10-11(2)4-9-15(14)27-19/h4-10,16H,3,23H2,1-2H3. The summed E-state index contributed by atoms with van der Waals surface area (Å²) in [5, 5.41) is 1.63. The molecule has 1 unspecified atom stereocenters. The van der Waals surface area contributed by atoms with E-state index in [1.165, 1.54) is 0 Å². The highest BCUT2D eigenvalue weighted by molar-refractivity contribution is 7.19. The molecule has 0 radical (unpaired) electrons. The highest BCUT2D eigenvalue weighted by atomic mass is 35.5. The van der Waals surface area contributed by atoms with E-state index in [0.29, 0.717) is 16.3 Å². The minimum Gasteiger partial charge on any atom is -0.462 e. The summed E-state index contributed by atoms with van der Waals surface area (Å²) >= 11 is 7.66. The Balaban J connectivity index is 1.96. The zero-order chi connectivity index (χ0) is 19.1. The van der Waals surface area contributed by atoms with Crippen LogP contribution in [0.4, 0.5) is 0 Å². The van der Waals surface area contributed by atoms with Crippen molar-refractivity contribution in [3.05, 3.63) is 74.9 Å². The SMILES string of the molecule is CCOC(=O)C1=C(N)Oc2c(sc3ccc(C)cc23)C1c1ccc(Cl)cc1. The van der Waals surface area contributed by atoms with Crippen LogP contribution in [0, 0.1) is 6.92 Å². The molecule has 1 aliphatic rings. The smallest absolute Gasteiger partial charge is 0.340 e. The molecule has 2 aromatic carbocycles. The highest BCUT2D eigenvalue weighted by Gasteiger charge is 2.37. The first-order valence-electron chi connectivity index (χ1n) is 8.62. The van der Waals surface area contributed by atoms with Crippen molar-refractivity contribution in [2.24, 2.45) is 5.73 Å². The first-order chi connectivity index (χ1) is 13.0. The predicted molar refractivity (Wildman–Crippen MR) is 108 cm³/mol. The number of carbonyl (C=O) groups excluding carboxylic acids is 1. The van der Waals surface area contributed by atoms with Crippen LogP contribution in [0.5, 0.6) is 5.75 Å². The van der Waals surface area contributed by atoms with E-state index in [-0.39, 0.29) is 18.4 Å². The second-order valence-corrected chi connectivity index (χ2v) is 7.90. The van der Waals surface area contributed by atoms with Crippen LogP contribution in [-0.2, 0) is 9.53 Å². The summed E-state index contributed by atoms with van der Waals surface area (Å²) in [7, 11) is 0. The first kappa shape index (κ1) is 17.9. The number of hydrogen-bond donors (Lipinski definition) is 1. The molecule has 4 rings (SSSR count). The average Bonchev–Trinajstić information content (AvgIpc) is 2.99. The Morgan fingerprint density at radius 2 is 2.00 bits per heavy atom. The van der Waals surface area contributed by atoms with Gasteiger partial charge in [-0.2, -0.15) is 0 Å². The fourth-order valence-electron chi connectivity index (χ4n) is 3.34. The van der Waals surface area contributed by atoms with Crippen molar-refractivity contribution in [2.45, 2.75) is 19.8 Å². The third kappa shape index (κ3) is 3.07. The number of carbonyl (C=O) groups is 1. The number of rotatable bonds is 3. The Morgan fingerprint density at radius 1 is 1.26 bits per heavy atom. The molecule has 4 nitrogen and oxygen atoms in total. The topological polar surface area (TPSA) is 61.5 Å². The van der Waals surface area contributed by atoms with Gasteiger partial charge >= 0.3 is 5.97 Å². The Morgan fingerprint density at radius 3 is 2.70 bits per heavy atom. The van der Waals surface area contributed by atoms with Crippen LogP contribution in [0.25, 0.3) is 10.1 Å². The Hall–Kier alpha value is -2.50. The van der Waals surface area contributed by atoms with Gasteiger partial charge in [-0.15, -0.1) is 11.3 Å². The summed E-state index contributed by atoms with van der Waals surface area (Å²) in [5.74, 6) is -0.0247. The molecule has 1 aliphatic heterocycles. The molecule has 0 fully saturated rings. The third-order valence-electron chi connectivity index (χ3n) is 4.55. The lowest BCUT2D eigenvalue weighted by Crippen LogP contribution is -2.26. The van der Waals surface area contributed by atoms with Gasteiger partial charge < -0.3 is 15.2 Å². The van der Waals surface area contributed by atoms with E-state index >= 15 is 0 Å². The van der Waals surface area contributed by atoms with Crippen molar-refractivity contribution in [1.29, 1.82) is 0 Å². The summed E-state index contributed by atoms with van der Waals surface area (Å²) in [6.07, 6.45) is 0. The lowest BCUT2D eigenvalue weighted by molar-refractivity contribution is -0.139. The number of benzene rings is 2. The van der Waals surface area contributed by atoms with Crippen molar-refractivity contribution in [1.82, 2.24) is 0 Å². The summed E-state index contributed by atoms with van der Waals surface area (Å²) < 4.78 is 12.3. The van der Waals surface area contributed by atoms with Crippen LogP contribution < -0.4 is 10.5 Å². The van der Waals surface area contributed by atoms with E-state index < -0.39 is 5.97 Å². The van der Waals surface area contributed by atoms with E-state index in [4.69, 9.17) is 26.8 Å². The maximum absolute atomic E-state index is 12.7. The number of fused-ring (bicyclic) bond motifs is 3. The number of esters is 1. The molecule has 3 aromatic rings. The second-order valence-electron chi connectivity index (χ2n) is 6.38. The van der Waals surface area contributed by atoms with Crippen LogP contribution >= 0.6 is 22.9 Å². The summed E-state index contributed by atoms with van der Waals surface area (Å²) in [6, 6.07) is 13.6. The largest absolute Gasteiger partial charge is 0.462 e. The zero-order valence-electron chi connectivity index (χ0n) is 14.9. The molecule has 6 heteroatoms. The van der Waals surface area contributed by atoms with Crippen LogP contribution in [0.15, 0.2) is 53.9 Å². The summed E-state index contributed by atoms with van der Waals surface area (Å²) in [4.78, 5) is 13.6. The van der Waals surface area contributed by atoms with E-state index in [9.17, 15) is 4.79 Å². The van der Waals surface area contributed by atoms with E-state index in [1.807, 2.05) is 31.2 Å². The minimum absolute atomic E-state index is 0.0853. The Bertz CT molecular complexity index is 1070. The normalized spacial score (nSPS) is 16.2. The van der Waals surface area contributed by atoms with Gasteiger partial charge in [0.15, 0.2) is 5.75 Å². The van der Waals surface area contributed by atoms with Crippen molar-refractivity contribution in [2.75, 3.05) is 6.61 Å². The van der Waals surface area contributed by atoms with Crippen LogP contribution in [0.3, 0.4) is 0 Å². The van der Waals surface area contributed by atoms with Crippen LogP contribution in [-0.4, -0.2) is 12.6 Å². The summed E-state index contributed by atoms with van der Waals surface area (Å²) in [6.45, 7) is 4.07.